The van der Waals surface area contributed by atoms with E-state index in [-0.39, 0.29) is 12.6 Å². The number of rotatable bonds is 2. The molecule has 0 unspecified atom stereocenters. The largest absolute Gasteiger partial charge is 0.453 e. The standard InChI is InChI=1S/C14H17ClN4O3/c1-22-14(21)18-10-2-3-19(7-12(10)20)11-5-8(6-16)4-9(17)13(11)15/h4-5,10,12,20H,2-3,7,17H2,1H3,(H,18,21)/t10-,12-/m1/s1. The zero-order valence-corrected chi connectivity index (χ0v) is 12.8. The fourth-order valence-electron chi connectivity index (χ4n) is 2.45. The van der Waals surface area contributed by atoms with Crippen molar-refractivity contribution in [2.45, 2.75) is 18.6 Å². The van der Waals surface area contributed by atoms with Crippen molar-refractivity contribution in [3.05, 3.63) is 22.7 Å². The van der Waals surface area contributed by atoms with Gasteiger partial charge in [-0.05, 0) is 18.6 Å². The molecule has 1 aliphatic rings. The molecule has 1 aliphatic heterocycles. The van der Waals surface area contributed by atoms with Gasteiger partial charge >= 0.3 is 6.09 Å². The minimum Gasteiger partial charge on any atom is -0.453 e. The number of hydrogen-bond donors (Lipinski definition) is 3. The first kappa shape index (κ1) is 16.2. The van der Waals surface area contributed by atoms with E-state index in [9.17, 15) is 9.90 Å². The number of methoxy groups -OCH3 is 1. The van der Waals surface area contributed by atoms with Crippen molar-refractivity contribution in [2.75, 3.05) is 30.8 Å². The number of benzene rings is 1. The topological polar surface area (TPSA) is 112 Å². The Hall–Kier alpha value is -2.17. The Balaban J connectivity index is 2.15. The van der Waals surface area contributed by atoms with Crippen molar-refractivity contribution in [3.8, 4) is 6.07 Å². The second kappa shape index (κ2) is 6.73. The van der Waals surface area contributed by atoms with Gasteiger partial charge in [0.1, 0.15) is 0 Å². The highest BCUT2D eigenvalue weighted by molar-refractivity contribution is 6.35. The molecule has 8 heteroatoms. The number of nitrogen functional groups attached to an aromatic ring is 1. The first-order valence-corrected chi connectivity index (χ1v) is 7.10. The van der Waals surface area contributed by atoms with E-state index in [1.165, 1.54) is 13.2 Å². The second-order valence-electron chi connectivity index (χ2n) is 5.05. The smallest absolute Gasteiger partial charge is 0.407 e. The van der Waals surface area contributed by atoms with Crippen LogP contribution in [0.15, 0.2) is 12.1 Å². The number of nitrogens with two attached hydrogens (primary N) is 1. The predicted molar refractivity (Wildman–Crippen MR) is 82.7 cm³/mol. The number of β-amino-alcohol motifs (C(OH)–C–C–N with tert-alkyl or cyclic N) is 1. The van der Waals surface area contributed by atoms with Gasteiger partial charge in [-0.25, -0.2) is 4.79 Å². The van der Waals surface area contributed by atoms with Gasteiger partial charge in [0, 0.05) is 13.1 Å². The number of nitrogens with zero attached hydrogens (tertiary/aromatic N) is 2. The molecule has 22 heavy (non-hydrogen) atoms. The first-order chi connectivity index (χ1) is 10.5. The molecule has 1 fully saturated rings. The van der Waals surface area contributed by atoms with Gasteiger partial charge in [-0.2, -0.15) is 5.26 Å². The van der Waals surface area contributed by atoms with E-state index < -0.39 is 12.2 Å². The third kappa shape index (κ3) is 3.35. The van der Waals surface area contributed by atoms with Crippen molar-refractivity contribution in [3.63, 3.8) is 0 Å². The van der Waals surface area contributed by atoms with Crippen molar-refractivity contribution >= 4 is 29.1 Å². The lowest BCUT2D eigenvalue weighted by Gasteiger charge is -2.37. The molecule has 0 bridgehead atoms. The summed E-state index contributed by atoms with van der Waals surface area (Å²) in [5.41, 5.74) is 7.13. The number of aliphatic hydroxyl groups excluding tert-OH is 1. The maximum Gasteiger partial charge on any atom is 0.407 e. The highest BCUT2D eigenvalue weighted by Crippen LogP contribution is 2.34. The van der Waals surface area contributed by atoms with E-state index in [4.69, 9.17) is 22.6 Å². The van der Waals surface area contributed by atoms with E-state index in [2.05, 4.69) is 10.1 Å². The number of nitriles is 1. The number of aliphatic hydroxyl groups is 1. The van der Waals surface area contributed by atoms with Gasteiger partial charge in [-0.3, -0.25) is 0 Å². The fourth-order valence-corrected chi connectivity index (χ4v) is 2.68. The molecule has 0 saturated carbocycles. The summed E-state index contributed by atoms with van der Waals surface area (Å²) < 4.78 is 4.53. The van der Waals surface area contributed by atoms with Gasteiger partial charge in [0.05, 0.1) is 47.3 Å². The van der Waals surface area contributed by atoms with Crippen LogP contribution < -0.4 is 16.0 Å². The van der Waals surface area contributed by atoms with Crippen molar-refractivity contribution < 1.29 is 14.6 Å². The summed E-state index contributed by atoms with van der Waals surface area (Å²) in [5, 5.41) is 22.1. The Labute approximate surface area is 133 Å². The number of anilines is 2. The minimum absolute atomic E-state index is 0.267. The highest BCUT2D eigenvalue weighted by atomic mass is 35.5. The second-order valence-corrected chi connectivity index (χ2v) is 5.43. The molecule has 1 saturated heterocycles. The molecule has 7 nitrogen and oxygen atoms in total. The van der Waals surface area contributed by atoms with Gasteiger partial charge < -0.3 is 25.8 Å². The van der Waals surface area contributed by atoms with Gasteiger partial charge in [0.15, 0.2) is 0 Å². The lowest BCUT2D eigenvalue weighted by molar-refractivity contribution is 0.103. The number of hydrogen-bond acceptors (Lipinski definition) is 6. The van der Waals surface area contributed by atoms with Gasteiger partial charge in [-0.1, -0.05) is 11.6 Å². The van der Waals surface area contributed by atoms with Crippen molar-refractivity contribution in [1.82, 2.24) is 5.32 Å². The summed E-state index contributed by atoms with van der Waals surface area (Å²) in [4.78, 5) is 13.1. The van der Waals surface area contributed by atoms with Crippen LogP contribution in [0, 0.1) is 11.3 Å². The monoisotopic (exact) mass is 324 g/mol. The number of nitrogens with one attached hydrogen (secondary N) is 1. The van der Waals surface area contributed by atoms with E-state index >= 15 is 0 Å². The predicted octanol–water partition coefficient (Wildman–Crippen LogP) is 1.09. The van der Waals surface area contributed by atoms with E-state index in [1.54, 1.807) is 6.07 Å². The van der Waals surface area contributed by atoms with Crippen molar-refractivity contribution in [1.29, 1.82) is 5.26 Å². The molecular formula is C14H17ClN4O3. The van der Waals surface area contributed by atoms with Crippen LogP contribution in [0.3, 0.4) is 0 Å². The Bertz CT molecular complexity index is 617. The minimum atomic E-state index is -0.782. The third-order valence-corrected chi connectivity index (χ3v) is 4.03. The molecule has 4 N–H and O–H groups in total. The molecule has 1 aromatic rings. The molecule has 0 radical (unpaired) electrons. The van der Waals surface area contributed by atoms with Gasteiger partial charge in [-0.15, -0.1) is 0 Å². The zero-order valence-electron chi connectivity index (χ0n) is 12.0. The number of carbonyl (C=O) groups excluding carboxylic acids is 1. The Morgan fingerprint density at radius 3 is 2.95 bits per heavy atom. The molecule has 1 amide bonds. The number of piperidine rings is 1. The maximum absolute atomic E-state index is 11.2. The maximum atomic E-state index is 11.2. The normalized spacial score (nSPS) is 21.1. The highest BCUT2D eigenvalue weighted by Gasteiger charge is 2.30. The molecule has 2 rings (SSSR count). The van der Waals surface area contributed by atoms with Crippen LogP contribution in [0.5, 0.6) is 0 Å². The summed E-state index contributed by atoms with van der Waals surface area (Å²) in [6.07, 6.45) is -0.842. The third-order valence-electron chi connectivity index (χ3n) is 3.62. The SMILES string of the molecule is COC(=O)N[C@@H]1CCN(c2cc(C#N)cc(N)c2Cl)C[C@H]1O. The quantitative estimate of drug-likeness (QED) is 0.702. The lowest BCUT2D eigenvalue weighted by atomic mass is 10.0. The number of halogens is 1. The van der Waals surface area contributed by atoms with Crippen LogP contribution in [-0.2, 0) is 4.74 Å². The fraction of sp³-hybridized carbons (Fsp3) is 0.429. The zero-order chi connectivity index (χ0) is 16.3. The molecule has 118 valence electrons. The molecule has 2 atom stereocenters. The Morgan fingerprint density at radius 2 is 2.36 bits per heavy atom. The summed E-state index contributed by atoms with van der Waals surface area (Å²) in [5.74, 6) is 0. The summed E-state index contributed by atoms with van der Waals surface area (Å²) in [6.45, 7) is 0.822. The molecule has 1 aromatic carbocycles. The summed E-state index contributed by atoms with van der Waals surface area (Å²) in [7, 11) is 1.27. The first-order valence-electron chi connectivity index (χ1n) is 6.73. The molecule has 0 aromatic heterocycles. The van der Waals surface area contributed by atoms with E-state index in [0.717, 1.165) is 0 Å². The average Bonchev–Trinajstić information content (AvgIpc) is 2.51. The number of ether oxygens (including phenoxy) is 1. The average molecular weight is 325 g/mol. The van der Waals surface area contributed by atoms with Gasteiger partial charge in [0.2, 0.25) is 0 Å². The van der Waals surface area contributed by atoms with E-state index in [0.29, 0.717) is 34.9 Å². The van der Waals surface area contributed by atoms with Crippen LogP contribution in [0.25, 0.3) is 0 Å². The van der Waals surface area contributed by atoms with Crippen LogP contribution in [-0.4, -0.2) is 43.5 Å². The lowest BCUT2D eigenvalue weighted by Crippen LogP contribution is -2.54. The number of amides is 1. The molecular weight excluding hydrogens is 308 g/mol. The summed E-state index contributed by atoms with van der Waals surface area (Å²) in [6, 6.07) is 4.78. The molecule has 0 aliphatic carbocycles. The van der Waals surface area contributed by atoms with Crippen LogP contribution in [0.4, 0.5) is 16.2 Å². The summed E-state index contributed by atoms with van der Waals surface area (Å²) >= 11 is 6.20. The Kier molecular flexibility index (Phi) is 4.96. The van der Waals surface area contributed by atoms with Crippen LogP contribution >= 0.6 is 11.6 Å². The Morgan fingerprint density at radius 1 is 1.64 bits per heavy atom. The number of alkyl carbamates (subject to hydrolysis) is 1. The van der Waals surface area contributed by atoms with Crippen molar-refractivity contribution in [2.24, 2.45) is 0 Å². The molecule has 0 spiro atoms. The number of carbonyl (C=O) groups is 1. The van der Waals surface area contributed by atoms with Crippen LogP contribution in [0.2, 0.25) is 5.02 Å². The molecule has 1 heterocycles. The van der Waals surface area contributed by atoms with Crippen LogP contribution in [0.1, 0.15) is 12.0 Å². The van der Waals surface area contributed by atoms with E-state index in [1.807, 2.05) is 11.0 Å². The van der Waals surface area contributed by atoms with Gasteiger partial charge in [0.25, 0.3) is 0 Å².